The molecule has 6 nitrogen and oxygen atoms in total. The molecule has 6 heteroatoms. The molecule has 2 heterocycles. The molecule has 1 aromatic carbocycles. The van der Waals surface area contributed by atoms with Crippen molar-refractivity contribution < 1.29 is 23.6 Å². The molecule has 1 aromatic heterocycles. The van der Waals surface area contributed by atoms with Gasteiger partial charge in [-0.05, 0) is 51.3 Å². The lowest BCUT2D eigenvalue weighted by atomic mass is 9.99. The highest BCUT2D eigenvalue weighted by Gasteiger charge is 2.28. The van der Waals surface area contributed by atoms with Gasteiger partial charge in [-0.1, -0.05) is 6.92 Å². The minimum atomic E-state index is -0.381. The van der Waals surface area contributed by atoms with Crippen molar-refractivity contribution in [1.29, 1.82) is 0 Å². The van der Waals surface area contributed by atoms with E-state index < -0.39 is 0 Å². The lowest BCUT2D eigenvalue weighted by molar-refractivity contribution is -0.954. The lowest BCUT2D eigenvalue weighted by Gasteiger charge is -2.30. The van der Waals surface area contributed by atoms with Crippen LogP contribution in [0.4, 0.5) is 0 Å². The molecule has 1 unspecified atom stereocenters. The van der Waals surface area contributed by atoms with Crippen molar-refractivity contribution in [2.24, 2.45) is 0 Å². The van der Waals surface area contributed by atoms with Gasteiger partial charge in [0.25, 0.3) is 0 Å². The van der Waals surface area contributed by atoms with Gasteiger partial charge in [0.1, 0.15) is 12.3 Å². The number of aryl methyl sites for hydroxylation is 1. The van der Waals surface area contributed by atoms with Crippen LogP contribution in [0.5, 0.6) is 5.75 Å². The molecule has 3 rings (SSSR count). The summed E-state index contributed by atoms with van der Waals surface area (Å²) < 4.78 is 16.6. The standard InChI is InChI=1S/C21H27NO5/c1-5-13(3)22-11-17-18(26-12-22)9-7-15-14(4)16(21(24)27-20(15)17)8-10-19(23)25-6-2/h7,9,13H,5-6,8,10-12H2,1-4H3/p+1/t13-/m0/s1. The first-order chi connectivity index (χ1) is 13.0. The van der Waals surface area contributed by atoms with E-state index in [4.69, 9.17) is 13.9 Å². The molecule has 0 amide bonds. The van der Waals surface area contributed by atoms with Gasteiger partial charge in [0.15, 0.2) is 5.58 Å². The van der Waals surface area contributed by atoms with E-state index in [1.165, 1.54) is 4.90 Å². The summed E-state index contributed by atoms with van der Waals surface area (Å²) in [6, 6.07) is 4.35. The Morgan fingerprint density at radius 3 is 2.81 bits per heavy atom. The first-order valence-electron chi connectivity index (χ1n) is 9.67. The third kappa shape index (κ3) is 3.86. The summed E-state index contributed by atoms with van der Waals surface area (Å²) >= 11 is 0. The fraction of sp³-hybridized carbons (Fsp3) is 0.524. The van der Waals surface area contributed by atoms with E-state index in [-0.39, 0.29) is 18.0 Å². The zero-order valence-corrected chi connectivity index (χ0v) is 16.5. The van der Waals surface area contributed by atoms with Gasteiger partial charge in [-0.3, -0.25) is 9.69 Å². The van der Waals surface area contributed by atoms with Crippen LogP contribution in [0, 0.1) is 6.92 Å². The van der Waals surface area contributed by atoms with Crippen LogP contribution in [-0.2, 0) is 22.5 Å². The fourth-order valence-corrected chi connectivity index (χ4v) is 3.60. The Kier molecular flexibility index (Phi) is 5.85. The fourth-order valence-electron chi connectivity index (χ4n) is 3.60. The molecule has 1 N–H and O–H groups in total. The number of rotatable bonds is 6. The number of carbonyl (C=O) groups is 1. The van der Waals surface area contributed by atoms with Gasteiger partial charge in [-0.15, -0.1) is 0 Å². The van der Waals surface area contributed by atoms with Crippen LogP contribution in [-0.4, -0.2) is 25.3 Å². The molecule has 0 saturated carbocycles. The molecular formula is C21H28NO5+. The summed E-state index contributed by atoms with van der Waals surface area (Å²) in [6.07, 6.45) is 1.55. The number of nitrogens with one attached hydrogen (secondary N) is 1. The second kappa shape index (κ2) is 8.13. The second-order valence-electron chi connectivity index (χ2n) is 7.15. The van der Waals surface area contributed by atoms with Crippen molar-refractivity contribution in [2.75, 3.05) is 13.3 Å². The minimum Gasteiger partial charge on any atom is -0.466 e. The van der Waals surface area contributed by atoms with Gasteiger partial charge < -0.3 is 13.9 Å². The van der Waals surface area contributed by atoms with Crippen molar-refractivity contribution in [2.45, 2.75) is 59.5 Å². The summed E-state index contributed by atoms with van der Waals surface area (Å²) in [5.41, 5.74) is 2.58. The van der Waals surface area contributed by atoms with E-state index in [0.29, 0.717) is 36.9 Å². The summed E-state index contributed by atoms with van der Waals surface area (Å²) in [7, 11) is 0. The van der Waals surface area contributed by atoms with Gasteiger partial charge in [0.2, 0.25) is 6.73 Å². The van der Waals surface area contributed by atoms with E-state index in [9.17, 15) is 9.59 Å². The quantitative estimate of drug-likeness (QED) is 0.620. The highest BCUT2D eigenvalue weighted by molar-refractivity contribution is 5.86. The van der Waals surface area contributed by atoms with E-state index in [2.05, 4.69) is 13.8 Å². The summed E-state index contributed by atoms with van der Waals surface area (Å²) in [4.78, 5) is 25.6. The van der Waals surface area contributed by atoms with Gasteiger partial charge in [-0.2, -0.15) is 0 Å². The van der Waals surface area contributed by atoms with Crippen molar-refractivity contribution >= 4 is 16.9 Å². The Bertz CT molecular complexity index is 902. The van der Waals surface area contributed by atoms with Crippen LogP contribution in [0.15, 0.2) is 21.3 Å². The molecule has 1 aliphatic heterocycles. The Morgan fingerprint density at radius 1 is 1.33 bits per heavy atom. The van der Waals surface area contributed by atoms with Crippen LogP contribution in [0.1, 0.15) is 50.3 Å². The number of benzene rings is 1. The lowest BCUT2D eigenvalue weighted by Crippen LogP contribution is -3.15. The van der Waals surface area contributed by atoms with E-state index >= 15 is 0 Å². The van der Waals surface area contributed by atoms with Crippen LogP contribution < -0.4 is 15.3 Å². The molecule has 2 atom stereocenters. The third-order valence-corrected chi connectivity index (χ3v) is 5.53. The van der Waals surface area contributed by atoms with Crippen molar-refractivity contribution in [3.63, 3.8) is 0 Å². The Morgan fingerprint density at radius 2 is 2.11 bits per heavy atom. The maximum absolute atomic E-state index is 12.6. The number of carbonyl (C=O) groups excluding carboxylic acids is 1. The molecule has 27 heavy (non-hydrogen) atoms. The zero-order chi connectivity index (χ0) is 19.6. The number of ether oxygens (including phenoxy) is 2. The smallest absolute Gasteiger partial charge is 0.339 e. The maximum Gasteiger partial charge on any atom is 0.339 e. The molecule has 0 saturated heterocycles. The minimum absolute atomic E-state index is 0.172. The number of hydrogen-bond donors (Lipinski definition) is 1. The first-order valence-corrected chi connectivity index (χ1v) is 9.67. The number of fused-ring (bicyclic) bond motifs is 3. The molecule has 0 aliphatic carbocycles. The largest absolute Gasteiger partial charge is 0.466 e. The van der Waals surface area contributed by atoms with Gasteiger partial charge in [0.05, 0.1) is 18.2 Å². The SMILES string of the molecule is CCOC(=O)CCc1c(C)c2ccc3c(c2oc1=O)C[NH+]([C@@H](C)CC)CO3. The summed E-state index contributed by atoms with van der Waals surface area (Å²) in [6.45, 7) is 9.77. The number of esters is 1. The average molecular weight is 374 g/mol. The topological polar surface area (TPSA) is 70.2 Å². The van der Waals surface area contributed by atoms with Crippen LogP contribution in [0.2, 0.25) is 0 Å². The van der Waals surface area contributed by atoms with E-state index in [1.54, 1.807) is 6.92 Å². The number of quaternary nitrogens is 1. The van der Waals surface area contributed by atoms with Crippen LogP contribution in [0.25, 0.3) is 11.0 Å². The molecular weight excluding hydrogens is 346 g/mol. The predicted molar refractivity (Wildman–Crippen MR) is 102 cm³/mol. The van der Waals surface area contributed by atoms with E-state index in [1.807, 2.05) is 19.1 Å². The van der Waals surface area contributed by atoms with Crippen LogP contribution >= 0.6 is 0 Å². The molecule has 0 fully saturated rings. The Hall–Kier alpha value is -2.34. The predicted octanol–water partition coefficient (Wildman–Crippen LogP) is 2.13. The zero-order valence-electron chi connectivity index (χ0n) is 16.5. The van der Waals surface area contributed by atoms with Gasteiger partial charge in [-0.25, -0.2) is 4.79 Å². The molecule has 2 aromatic rings. The van der Waals surface area contributed by atoms with Gasteiger partial charge >= 0.3 is 11.6 Å². The van der Waals surface area contributed by atoms with Gasteiger partial charge in [0, 0.05) is 17.4 Å². The second-order valence-corrected chi connectivity index (χ2v) is 7.15. The van der Waals surface area contributed by atoms with E-state index in [0.717, 1.165) is 35.2 Å². The monoisotopic (exact) mass is 374 g/mol. The Balaban J connectivity index is 1.98. The first kappa shape index (κ1) is 19.4. The highest BCUT2D eigenvalue weighted by Crippen LogP contribution is 2.31. The summed E-state index contributed by atoms with van der Waals surface area (Å²) in [5.74, 6) is 0.486. The molecule has 1 aliphatic rings. The normalized spacial score (nSPS) is 17.3. The van der Waals surface area contributed by atoms with Crippen molar-refractivity contribution in [3.8, 4) is 5.75 Å². The average Bonchev–Trinajstić information content (AvgIpc) is 2.66. The van der Waals surface area contributed by atoms with Crippen molar-refractivity contribution in [3.05, 3.63) is 39.2 Å². The van der Waals surface area contributed by atoms with Crippen LogP contribution in [0.3, 0.4) is 0 Å². The highest BCUT2D eigenvalue weighted by atomic mass is 16.5. The molecule has 0 spiro atoms. The molecule has 146 valence electrons. The Labute approximate surface area is 159 Å². The van der Waals surface area contributed by atoms with Crippen molar-refractivity contribution in [1.82, 2.24) is 0 Å². The molecule has 0 bridgehead atoms. The molecule has 0 radical (unpaired) electrons. The number of hydrogen-bond acceptors (Lipinski definition) is 5. The maximum atomic E-state index is 12.6. The third-order valence-electron chi connectivity index (χ3n) is 5.53. The summed E-state index contributed by atoms with van der Waals surface area (Å²) in [5, 5.41) is 0.904.